The number of hydrogen-bond donors (Lipinski definition) is 2. The van der Waals surface area contributed by atoms with Gasteiger partial charge in [0, 0.05) is 22.8 Å². The van der Waals surface area contributed by atoms with Crippen LogP contribution < -0.4 is 15.4 Å². The number of carbonyl (C=O) groups is 2. The van der Waals surface area contributed by atoms with Gasteiger partial charge in [0.25, 0.3) is 11.8 Å². The number of halogens is 1. The van der Waals surface area contributed by atoms with E-state index in [1.165, 1.54) is 0 Å². The van der Waals surface area contributed by atoms with Gasteiger partial charge in [-0.2, -0.15) is 0 Å². The lowest BCUT2D eigenvalue weighted by Gasteiger charge is -2.08. The monoisotopic (exact) mass is 492 g/mol. The molecule has 0 aliphatic rings. The van der Waals surface area contributed by atoms with Crippen LogP contribution in [0.2, 0.25) is 5.02 Å². The summed E-state index contributed by atoms with van der Waals surface area (Å²) in [6.07, 6.45) is 0. The standard InChI is InChI=1S/C25H21ClN4O3S/c1-16-5-11-21(12-6-16)33-15-22-29-30-25(34-22)24(32)28-20-4-2-3-18(13-20)23(31)27-14-17-7-9-19(26)10-8-17/h2-13H,14-15H2,1H3,(H,27,31)(H,28,32). The van der Waals surface area contributed by atoms with E-state index < -0.39 is 5.91 Å². The number of carbonyl (C=O) groups excluding carboxylic acids is 2. The lowest BCUT2D eigenvalue weighted by molar-refractivity contribution is 0.0949. The summed E-state index contributed by atoms with van der Waals surface area (Å²) in [7, 11) is 0. The lowest BCUT2D eigenvalue weighted by Crippen LogP contribution is -2.23. The molecule has 0 atom stereocenters. The van der Waals surface area contributed by atoms with Crippen LogP contribution in [-0.2, 0) is 13.2 Å². The van der Waals surface area contributed by atoms with Gasteiger partial charge < -0.3 is 15.4 Å². The molecule has 3 aromatic carbocycles. The van der Waals surface area contributed by atoms with E-state index in [1.807, 2.05) is 43.3 Å². The number of anilines is 1. The van der Waals surface area contributed by atoms with Gasteiger partial charge in [0.1, 0.15) is 12.4 Å². The molecule has 0 aliphatic heterocycles. The molecule has 2 amide bonds. The van der Waals surface area contributed by atoms with Gasteiger partial charge in [0.15, 0.2) is 5.01 Å². The summed E-state index contributed by atoms with van der Waals surface area (Å²) in [5.74, 6) is 0.0632. The molecule has 0 radical (unpaired) electrons. The summed E-state index contributed by atoms with van der Waals surface area (Å²) in [6, 6.07) is 21.6. The third-order valence-corrected chi connectivity index (χ3v) is 5.94. The van der Waals surface area contributed by atoms with Gasteiger partial charge >= 0.3 is 0 Å². The van der Waals surface area contributed by atoms with Gasteiger partial charge in [0.05, 0.1) is 0 Å². The van der Waals surface area contributed by atoms with Crippen LogP contribution in [0, 0.1) is 6.92 Å². The first-order valence-electron chi connectivity index (χ1n) is 10.4. The quantitative estimate of drug-likeness (QED) is 0.350. The zero-order chi connectivity index (χ0) is 23.9. The van der Waals surface area contributed by atoms with Crippen molar-refractivity contribution in [1.82, 2.24) is 15.5 Å². The highest BCUT2D eigenvalue weighted by Crippen LogP contribution is 2.18. The van der Waals surface area contributed by atoms with Crippen molar-refractivity contribution in [2.75, 3.05) is 5.32 Å². The fourth-order valence-corrected chi connectivity index (χ4v) is 3.77. The number of nitrogens with zero attached hydrogens (tertiary/aromatic N) is 2. The molecule has 4 rings (SSSR count). The van der Waals surface area contributed by atoms with Gasteiger partial charge in [-0.1, -0.05) is 58.8 Å². The third-order valence-electron chi connectivity index (χ3n) is 4.79. The topological polar surface area (TPSA) is 93.2 Å². The van der Waals surface area contributed by atoms with Crippen LogP contribution in [0.1, 0.15) is 36.3 Å². The normalized spacial score (nSPS) is 10.5. The molecule has 7 nitrogen and oxygen atoms in total. The third kappa shape index (κ3) is 6.40. The first-order chi connectivity index (χ1) is 16.5. The van der Waals surface area contributed by atoms with Crippen molar-refractivity contribution in [2.45, 2.75) is 20.1 Å². The van der Waals surface area contributed by atoms with Crippen molar-refractivity contribution in [2.24, 2.45) is 0 Å². The zero-order valence-electron chi connectivity index (χ0n) is 18.2. The number of hydrogen-bond acceptors (Lipinski definition) is 6. The maximum absolute atomic E-state index is 12.6. The summed E-state index contributed by atoms with van der Waals surface area (Å²) in [4.78, 5) is 25.1. The Hall–Kier alpha value is -3.75. The van der Waals surface area contributed by atoms with Crippen molar-refractivity contribution < 1.29 is 14.3 Å². The van der Waals surface area contributed by atoms with E-state index in [9.17, 15) is 9.59 Å². The minimum absolute atomic E-state index is 0.208. The molecule has 0 saturated heterocycles. The molecule has 0 spiro atoms. The summed E-state index contributed by atoms with van der Waals surface area (Å²) in [6.45, 7) is 2.59. The van der Waals surface area contributed by atoms with Gasteiger partial charge in [0.2, 0.25) is 5.01 Å². The van der Waals surface area contributed by atoms with E-state index in [0.29, 0.717) is 27.8 Å². The van der Waals surface area contributed by atoms with Crippen molar-refractivity contribution in [3.8, 4) is 5.75 Å². The van der Waals surface area contributed by atoms with E-state index in [0.717, 1.165) is 28.2 Å². The number of ether oxygens (including phenoxy) is 1. The zero-order valence-corrected chi connectivity index (χ0v) is 19.8. The Balaban J connectivity index is 1.32. The predicted octanol–water partition coefficient (Wildman–Crippen LogP) is 5.26. The highest BCUT2D eigenvalue weighted by atomic mass is 35.5. The van der Waals surface area contributed by atoms with Crippen LogP contribution in [0.25, 0.3) is 0 Å². The van der Waals surface area contributed by atoms with E-state index in [2.05, 4.69) is 20.8 Å². The Kier molecular flexibility index (Phi) is 7.51. The Morgan fingerprint density at radius 3 is 2.50 bits per heavy atom. The fourth-order valence-electron chi connectivity index (χ4n) is 2.99. The second-order valence-corrected chi connectivity index (χ2v) is 8.95. The molecule has 1 aromatic heterocycles. The Labute approximate surface area is 205 Å². The molecule has 1 heterocycles. The Morgan fingerprint density at radius 1 is 0.971 bits per heavy atom. The molecule has 34 heavy (non-hydrogen) atoms. The molecular formula is C25H21ClN4O3S. The lowest BCUT2D eigenvalue weighted by atomic mass is 10.1. The molecule has 0 bridgehead atoms. The van der Waals surface area contributed by atoms with Crippen molar-refractivity contribution in [1.29, 1.82) is 0 Å². The molecule has 0 aliphatic carbocycles. The molecule has 9 heteroatoms. The molecular weight excluding hydrogens is 472 g/mol. The average molecular weight is 493 g/mol. The molecule has 0 saturated carbocycles. The number of aromatic nitrogens is 2. The van der Waals surface area contributed by atoms with Crippen LogP contribution in [0.4, 0.5) is 5.69 Å². The highest BCUT2D eigenvalue weighted by Gasteiger charge is 2.15. The highest BCUT2D eigenvalue weighted by molar-refractivity contribution is 7.13. The van der Waals surface area contributed by atoms with Crippen LogP contribution in [-0.4, -0.2) is 22.0 Å². The number of benzene rings is 3. The van der Waals surface area contributed by atoms with Gasteiger partial charge in [-0.05, 0) is 55.0 Å². The van der Waals surface area contributed by atoms with Crippen LogP contribution in [0.3, 0.4) is 0 Å². The van der Waals surface area contributed by atoms with Crippen molar-refractivity contribution in [3.05, 3.63) is 105 Å². The summed E-state index contributed by atoms with van der Waals surface area (Å²) < 4.78 is 5.69. The first kappa shape index (κ1) is 23.4. The van der Waals surface area contributed by atoms with Crippen LogP contribution in [0.15, 0.2) is 72.8 Å². The minimum atomic E-state index is -0.405. The Bertz CT molecular complexity index is 1290. The SMILES string of the molecule is Cc1ccc(OCc2nnc(C(=O)Nc3cccc(C(=O)NCc4ccc(Cl)cc4)c3)s2)cc1. The molecule has 2 N–H and O–H groups in total. The predicted molar refractivity (Wildman–Crippen MR) is 132 cm³/mol. The smallest absolute Gasteiger partial charge is 0.286 e. The van der Waals surface area contributed by atoms with Gasteiger partial charge in [-0.15, -0.1) is 10.2 Å². The summed E-state index contributed by atoms with van der Waals surface area (Å²) in [5, 5.41) is 15.0. The van der Waals surface area contributed by atoms with Gasteiger partial charge in [-0.3, -0.25) is 9.59 Å². The maximum atomic E-state index is 12.6. The number of nitrogens with one attached hydrogen (secondary N) is 2. The fraction of sp³-hybridized carbons (Fsp3) is 0.120. The Morgan fingerprint density at radius 2 is 1.74 bits per heavy atom. The maximum Gasteiger partial charge on any atom is 0.286 e. The largest absolute Gasteiger partial charge is 0.486 e. The van der Waals surface area contributed by atoms with E-state index in [-0.39, 0.29) is 17.5 Å². The molecule has 0 fully saturated rings. The van der Waals surface area contributed by atoms with E-state index in [4.69, 9.17) is 16.3 Å². The number of amides is 2. The first-order valence-corrected chi connectivity index (χ1v) is 11.6. The molecule has 172 valence electrons. The minimum Gasteiger partial charge on any atom is -0.486 e. The van der Waals surface area contributed by atoms with Crippen molar-refractivity contribution in [3.63, 3.8) is 0 Å². The summed E-state index contributed by atoms with van der Waals surface area (Å²) in [5.41, 5.74) is 2.99. The van der Waals surface area contributed by atoms with Crippen molar-refractivity contribution >= 4 is 40.4 Å². The van der Waals surface area contributed by atoms with E-state index in [1.54, 1.807) is 36.4 Å². The summed E-state index contributed by atoms with van der Waals surface area (Å²) >= 11 is 7.04. The van der Waals surface area contributed by atoms with Gasteiger partial charge in [-0.25, -0.2) is 0 Å². The second-order valence-electron chi connectivity index (χ2n) is 7.45. The molecule has 4 aromatic rings. The second kappa shape index (κ2) is 10.9. The number of rotatable bonds is 8. The van der Waals surface area contributed by atoms with Crippen LogP contribution in [0.5, 0.6) is 5.75 Å². The molecule has 0 unspecified atom stereocenters. The number of aryl methyl sites for hydroxylation is 1. The average Bonchev–Trinajstić information content (AvgIpc) is 3.33. The van der Waals surface area contributed by atoms with Crippen LogP contribution >= 0.6 is 22.9 Å². The van der Waals surface area contributed by atoms with E-state index >= 15 is 0 Å².